The van der Waals surface area contributed by atoms with Crippen LogP contribution in [0.4, 0.5) is 0 Å². The number of hydrogen-bond donors (Lipinski definition) is 1. The number of aryl methyl sites for hydroxylation is 1. The third-order valence-electron chi connectivity index (χ3n) is 3.99. The Hall–Kier alpha value is -1.43. The second kappa shape index (κ2) is 8.27. The maximum atomic E-state index is 12.6. The second-order valence-electron chi connectivity index (χ2n) is 5.97. The zero-order valence-electron chi connectivity index (χ0n) is 13.5. The van der Waals surface area contributed by atoms with Gasteiger partial charge >= 0.3 is 0 Å². The summed E-state index contributed by atoms with van der Waals surface area (Å²) in [5, 5.41) is 9.01. The second-order valence-corrected chi connectivity index (χ2v) is 5.97. The van der Waals surface area contributed by atoms with E-state index in [9.17, 15) is 4.79 Å². The van der Waals surface area contributed by atoms with E-state index in [1.165, 1.54) is 5.56 Å². The lowest BCUT2D eigenvalue weighted by Crippen LogP contribution is -2.53. The predicted molar refractivity (Wildman–Crippen MR) is 85.8 cm³/mol. The van der Waals surface area contributed by atoms with E-state index < -0.39 is 0 Å². The summed E-state index contributed by atoms with van der Waals surface area (Å²) in [7, 11) is 1.95. The van der Waals surface area contributed by atoms with Gasteiger partial charge < -0.3 is 19.6 Å². The average molecular weight is 306 g/mol. The first-order valence-electron chi connectivity index (χ1n) is 7.82. The molecule has 22 heavy (non-hydrogen) atoms. The Balaban J connectivity index is 1.98. The quantitative estimate of drug-likeness (QED) is 0.840. The summed E-state index contributed by atoms with van der Waals surface area (Å²) < 4.78 is 5.53. The van der Waals surface area contributed by atoms with Gasteiger partial charge in [-0.15, -0.1) is 0 Å². The minimum Gasteiger partial charge on any atom is -0.395 e. The van der Waals surface area contributed by atoms with E-state index in [2.05, 4.69) is 6.07 Å². The van der Waals surface area contributed by atoms with Crippen molar-refractivity contribution in [1.29, 1.82) is 0 Å². The number of carbonyl (C=O) groups is 1. The first-order valence-corrected chi connectivity index (χ1v) is 7.82. The van der Waals surface area contributed by atoms with Gasteiger partial charge in [-0.2, -0.15) is 0 Å². The molecule has 5 nitrogen and oxygen atoms in total. The number of morpholine rings is 1. The fourth-order valence-electron chi connectivity index (χ4n) is 2.85. The standard InChI is InChI=1S/C17H26N2O3/c1-14-4-3-5-15(10-14)11-17(21)19-7-9-22-13-16(19)12-18(2)6-8-20/h3-5,10,16,20H,6-9,11-13H2,1-2H3/t16-/m0/s1. The monoisotopic (exact) mass is 306 g/mol. The Bertz CT molecular complexity index is 493. The molecule has 1 atom stereocenters. The van der Waals surface area contributed by atoms with Gasteiger partial charge in [0.1, 0.15) is 0 Å². The van der Waals surface area contributed by atoms with Crippen LogP contribution in [-0.2, 0) is 16.0 Å². The molecule has 5 heteroatoms. The van der Waals surface area contributed by atoms with Crippen molar-refractivity contribution >= 4 is 5.91 Å². The van der Waals surface area contributed by atoms with Gasteiger partial charge in [-0.25, -0.2) is 0 Å². The fourth-order valence-corrected chi connectivity index (χ4v) is 2.85. The van der Waals surface area contributed by atoms with Crippen molar-refractivity contribution in [1.82, 2.24) is 9.80 Å². The molecular weight excluding hydrogens is 280 g/mol. The highest BCUT2D eigenvalue weighted by molar-refractivity contribution is 5.79. The van der Waals surface area contributed by atoms with Crippen LogP contribution in [0.3, 0.4) is 0 Å². The smallest absolute Gasteiger partial charge is 0.227 e. The number of nitrogens with zero attached hydrogens (tertiary/aromatic N) is 2. The molecule has 1 aromatic rings. The Morgan fingerprint density at radius 3 is 3.05 bits per heavy atom. The first-order chi connectivity index (χ1) is 10.6. The van der Waals surface area contributed by atoms with Gasteiger partial charge in [0.05, 0.1) is 32.3 Å². The van der Waals surface area contributed by atoms with Crippen molar-refractivity contribution in [3.8, 4) is 0 Å². The lowest BCUT2D eigenvalue weighted by atomic mass is 10.1. The summed E-state index contributed by atoms with van der Waals surface area (Å²) in [6.45, 7) is 5.30. The number of ether oxygens (including phenoxy) is 1. The lowest BCUT2D eigenvalue weighted by Gasteiger charge is -2.37. The van der Waals surface area contributed by atoms with Crippen LogP contribution in [0.1, 0.15) is 11.1 Å². The van der Waals surface area contributed by atoms with Crippen LogP contribution in [0, 0.1) is 6.92 Å². The number of aliphatic hydroxyl groups is 1. The van der Waals surface area contributed by atoms with Crippen LogP contribution >= 0.6 is 0 Å². The van der Waals surface area contributed by atoms with Crippen molar-refractivity contribution in [2.45, 2.75) is 19.4 Å². The Kier molecular flexibility index (Phi) is 6.36. The average Bonchev–Trinajstić information content (AvgIpc) is 2.48. The summed E-state index contributed by atoms with van der Waals surface area (Å²) in [4.78, 5) is 16.6. The highest BCUT2D eigenvalue weighted by Crippen LogP contribution is 2.12. The Labute approximate surface area is 132 Å². The summed E-state index contributed by atoms with van der Waals surface area (Å²) in [5.74, 6) is 0.149. The van der Waals surface area contributed by atoms with Crippen molar-refractivity contribution in [2.24, 2.45) is 0 Å². The summed E-state index contributed by atoms with van der Waals surface area (Å²) >= 11 is 0. The molecule has 1 aliphatic heterocycles. The van der Waals surface area contributed by atoms with Crippen molar-refractivity contribution < 1.29 is 14.6 Å². The van der Waals surface area contributed by atoms with Gasteiger partial charge in [-0.1, -0.05) is 29.8 Å². The van der Waals surface area contributed by atoms with Gasteiger partial charge in [-0.3, -0.25) is 4.79 Å². The largest absolute Gasteiger partial charge is 0.395 e. The highest BCUT2D eigenvalue weighted by atomic mass is 16.5. The van der Waals surface area contributed by atoms with E-state index in [-0.39, 0.29) is 18.6 Å². The van der Waals surface area contributed by atoms with Gasteiger partial charge in [0, 0.05) is 19.6 Å². The molecule has 1 fully saturated rings. The van der Waals surface area contributed by atoms with Crippen LogP contribution in [0.15, 0.2) is 24.3 Å². The summed E-state index contributed by atoms with van der Waals surface area (Å²) in [5.41, 5.74) is 2.23. The normalized spacial score (nSPS) is 18.7. The van der Waals surface area contributed by atoms with Crippen LogP contribution in [0.2, 0.25) is 0 Å². The number of carbonyl (C=O) groups excluding carboxylic acids is 1. The molecule has 2 rings (SSSR count). The van der Waals surface area contributed by atoms with E-state index in [1.807, 2.05) is 42.0 Å². The SMILES string of the molecule is Cc1cccc(CC(=O)N2CCOC[C@@H]2CN(C)CCO)c1. The molecule has 0 aliphatic carbocycles. The van der Waals surface area contributed by atoms with Gasteiger partial charge in [0.25, 0.3) is 0 Å². The number of benzene rings is 1. The highest BCUT2D eigenvalue weighted by Gasteiger charge is 2.28. The van der Waals surface area contributed by atoms with Gasteiger partial charge in [0.15, 0.2) is 0 Å². The van der Waals surface area contributed by atoms with Gasteiger partial charge in [0.2, 0.25) is 5.91 Å². The van der Waals surface area contributed by atoms with E-state index in [0.29, 0.717) is 32.7 Å². The topological polar surface area (TPSA) is 53.0 Å². The van der Waals surface area contributed by atoms with E-state index in [1.54, 1.807) is 0 Å². The van der Waals surface area contributed by atoms with E-state index >= 15 is 0 Å². The summed E-state index contributed by atoms with van der Waals surface area (Å²) in [6.07, 6.45) is 0.432. The molecule has 1 amide bonds. The van der Waals surface area contributed by atoms with Crippen LogP contribution in [-0.4, -0.2) is 73.4 Å². The number of amides is 1. The molecule has 0 saturated carbocycles. The number of likely N-dealkylation sites (N-methyl/N-ethyl adjacent to an activating group) is 1. The predicted octanol–water partition coefficient (Wildman–Crippen LogP) is 0.689. The third kappa shape index (κ3) is 4.80. The van der Waals surface area contributed by atoms with Gasteiger partial charge in [-0.05, 0) is 19.5 Å². The molecule has 0 bridgehead atoms. The minimum atomic E-state index is 0.0580. The maximum Gasteiger partial charge on any atom is 0.227 e. The molecule has 0 radical (unpaired) electrons. The maximum absolute atomic E-state index is 12.6. The molecule has 1 aliphatic rings. The number of rotatable bonds is 6. The molecule has 1 N–H and O–H groups in total. The van der Waals surface area contributed by atoms with Crippen LogP contribution in [0.5, 0.6) is 0 Å². The molecule has 0 unspecified atom stereocenters. The third-order valence-corrected chi connectivity index (χ3v) is 3.99. The molecule has 1 saturated heterocycles. The molecule has 0 spiro atoms. The minimum absolute atomic E-state index is 0.0580. The summed E-state index contributed by atoms with van der Waals surface area (Å²) in [6, 6.07) is 8.14. The zero-order chi connectivity index (χ0) is 15.9. The Morgan fingerprint density at radius 2 is 2.32 bits per heavy atom. The van der Waals surface area contributed by atoms with Crippen molar-refractivity contribution in [2.75, 3.05) is 46.5 Å². The van der Waals surface area contributed by atoms with Crippen LogP contribution < -0.4 is 0 Å². The molecule has 122 valence electrons. The van der Waals surface area contributed by atoms with Crippen molar-refractivity contribution in [3.63, 3.8) is 0 Å². The first kappa shape index (κ1) is 16.9. The fraction of sp³-hybridized carbons (Fsp3) is 0.588. The molecular formula is C17H26N2O3. The molecule has 0 aromatic heterocycles. The van der Waals surface area contributed by atoms with E-state index in [0.717, 1.165) is 12.1 Å². The lowest BCUT2D eigenvalue weighted by molar-refractivity contribution is -0.139. The Morgan fingerprint density at radius 1 is 1.50 bits per heavy atom. The molecule has 1 aromatic carbocycles. The number of aliphatic hydroxyl groups excluding tert-OH is 1. The van der Waals surface area contributed by atoms with Crippen LogP contribution in [0.25, 0.3) is 0 Å². The number of hydrogen-bond acceptors (Lipinski definition) is 4. The molecule has 1 heterocycles. The zero-order valence-corrected chi connectivity index (χ0v) is 13.5. The van der Waals surface area contributed by atoms with E-state index in [4.69, 9.17) is 9.84 Å². The van der Waals surface area contributed by atoms with Crippen molar-refractivity contribution in [3.05, 3.63) is 35.4 Å².